The average molecular weight is 402 g/mol. The van der Waals surface area contributed by atoms with Gasteiger partial charge in [-0.15, -0.1) is 0 Å². The molecular formula is C22H26O7. The van der Waals surface area contributed by atoms with Crippen LogP contribution in [0.15, 0.2) is 36.4 Å². The molecule has 0 radical (unpaired) electrons. The van der Waals surface area contributed by atoms with E-state index in [2.05, 4.69) is 0 Å². The number of aromatic hydroxyl groups is 1. The highest BCUT2D eigenvalue weighted by atomic mass is 16.5. The van der Waals surface area contributed by atoms with Crippen LogP contribution in [-0.2, 0) is 11.2 Å². The van der Waals surface area contributed by atoms with E-state index in [1.165, 1.54) is 19.1 Å². The van der Waals surface area contributed by atoms with Crippen molar-refractivity contribution in [3.05, 3.63) is 53.1 Å². The number of phenolic OH excluding ortho intramolecular Hbond substituents is 1. The summed E-state index contributed by atoms with van der Waals surface area (Å²) in [5, 5.41) is 28.6. The van der Waals surface area contributed by atoms with Crippen molar-refractivity contribution in [3.63, 3.8) is 0 Å². The van der Waals surface area contributed by atoms with Crippen molar-refractivity contribution in [1.29, 1.82) is 0 Å². The number of carboxylic acid groups (broad SMARTS) is 1. The monoisotopic (exact) mass is 402 g/mol. The number of phenols is 1. The molecule has 0 saturated heterocycles. The van der Waals surface area contributed by atoms with E-state index in [0.29, 0.717) is 48.7 Å². The van der Waals surface area contributed by atoms with Gasteiger partial charge in [0.05, 0.1) is 18.8 Å². The lowest BCUT2D eigenvalue weighted by atomic mass is 10.0. The van der Waals surface area contributed by atoms with Gasteiger partial charge in [0.15, 0.2) is 11.9 Å². The zero-order valence-corrected chi connectivity index (χ0v) is 16.6. The van der Waals surface area contributed by atoms with Gasteiger partial charge in [-0.3, -0.25) is 4.79 Å². The molecule has 7 heteroatoms. The second-order valence-electron chi connectivity index (χ2n) is 6.60. The third-order valence-corrected chi connectivity index (χ3v) is 4.36. The van der Waals surface area contributed by atoms with Crippen LogP contribution in [-0.4, -0.2) is 40.3 Å². The zero-order chi connectivity index (χ0) is 21.4. The molecule has 2 aromatic carbocycles. The van der Waals surface area contributed by atoms with Gasteiger partial charge in [0.1, 0.15) is 17.2 Å². The Balaban J connectivity index is 1.87. The van der Waals surface area contributed by atoms with Gasteiger partial charge in [-0.25, -0.2) is 4.79 Å². The van der Waals surface area contributed by atoms with Crippen LogP contribution in [0.2, 0.25) is 0 Å². The molecule has 0 amide bonds. The fraction of sp³-hybridized carbons (Fsp3) is 0.364. The maximum Gasteiger partial charge on any atom is 0.337 e. The Labute approximate surface area is 169 Å². The summed E-state index contributed by atoms with van der Waals surface area (Å²) in [7, 11) is 0. The number of aliphatic hydroxyl groups excluding tert-OH is 1. The minimum atomic E-state index is -1.56. The molecule has 3 N–H and O–H groups in total. The van der Waals surface area contributed by atoms with Gasteiger partial charge in [-0.2, -0.15) is 0 Å². The summed E-state index contributed by atoms with van der Waals surface area (Å²) in [6, 6.07) is 9.47. The number of carbonyl (C=O) groups is 2. The average Bonchev–Trinajstić information content (AvgIpc) is 2.69. The first-order valence-corrected chi connectivity index (χ1v) is 9.47. The van der Waals surface area contributed by atoms with Crippen LogP contribution in [0.5, 0.6) is 17.2 Å². The number of Topliss-reactive ketones (excluding diaryl/α,β-unsaturated/α-hetero) is 1. The number of aliphatic hydroxyl groups is 1. The highest BCUT2D eigenvalue weighted by Gasteiger charge is 2.16. The molecule has 0 aliphatic rings. The number of hydrogen-bond acceptors (Lipinski definition) is 6. The Hall–Kier alpha value is -3.06. The van der Waals surface area contributed by atoms with E-state index >= 15 is 0 Å². The Bertz CT molecular complexity index is 843. The minimum absolute atomic E-state index is 0.0169. The molecule has 1 atom stereocenters. The predicted molar refractivity (Wildman–Crippen MR) is 107 cm³/mol. The van der Waals surface area contributed by atoms with Crippen molar-refractivity contribution in [2.75, 3.05) is 13.2 Å². The van der Waals surface area contributed by atoms with E-state index in [9.17, 15) is 19.8 Å². The van der Waals surface area contributed by atoms with Crippen LogP contribution < -0.4 is 9.47 Å². The van der Waals surface area contributed by atoms with Gasteiger partial charge in [0, 0.05) is 12.0 Å². The van der Waals surface area contributed by atoms with E-state index in [-0.39, 0.29) is 17.1 Å². The number of ether oxygens (including phenoxy) is 2. The summed E-state index contributed by atoms with van der Waals surface area (Å²) in [6.07, 6.45) is 0.440. The molecule has 7 nitrogen and oxygen atoms in total. The molecule has 0 spiro atoms. The second-order valence-corrected chi connectivity index (χ2v) is 6.60. The van der Waals surface area contributed by atoms with Gasteiger partial charge >= 0.3 is 5.97 Å². The molecule has 0 heterocycles. The topological polar surface area (TPSA) is 113 Å². The van der Waals surface area contributed by atoms with E-state index < -0.39 is 12.1 Å². The summed E-state index contributed by atoms with van der Waals surface area (Å²) >= 11 is 0. The number of benzene rings is 2. The smallest absolute Gasteiger partial charge is 0.337 e. The summed E-state index contributed by atoms with van der Waals surface area (Å²) in [6.45, 7) is 4.14. The number of aliphatic carboxylic acids is 1. The Morgan fingerprint density at radius 1 is 1.03 bits per heavy atom. The van der Waals surface area contributed by atoms with Crippen molar-refractivity contribution < 1.29 is 34.4 Å². The van der Waals surface area contributed by atoms with Crippen LogP contribution in [0.4, 0.5) is 0 Å². The number of rotatable bonds is 11. The maximum atomic E-state index is 11.6. The Kier molecular flexibility index (Phi) is 8.03. The molecule has 0 bridgehead atoms. The molecule has 0 aliphatic carbocycles. The van der Waals surface area contributed by atoms with Crippen molar-refractivity contribution in [1.82, 2.24) is 0 Å². The zero-order valence-electron chi connectivity index (χ0n) is 16.6. The maximum absolute atomic E-state index is 11.6. The first-order valence-electron chi connectivity index (χ1n) is 9.47. The SMILES string of the molecule is CCCc1c(OCCCOc2ccc(C(O)C(=O)O)cc2)ccc(C(C)=O)c1O. The second kappa shape index (κ2) is 10.5. The van der Waals surface area contributed by atoms with Crippen LogP contribution in [0.3, 0.4) is 0 Å². The molecule has 29 heavy (non-hydrogen) atoms. The lowest BCUT2D eigenvalue weighted by molar-refractivity contribution is -0.146. The summed E-state index contributed by atoms with van der Waals surface area (Å²) in [4.78, 5) is 22.4. The quantitative estimate of drug-likeness (QED) is 0.389. The number of hydrogen-bond donors (Lipinski definition) is 3. The van der Waals surface area contributed by atoms with Gasteiger partial charge in [0.25, 0.3) is 0 Å². The predicted octanol–water partition coefficient (Wildman–Crippen LogP) is 3.51. The highest BCUT2D eigenvalue weighted by molar-refractivity contribution is 5.97. The fourth-order valence-corrected chi connectivity index (χ4v) is 2.85. The first-order chi connectivity index (χ1) is 13.8. The van der Waals surface area contributed by atoms with Gasteiger partial charge < -0.3 is 24.8 Å². The van der Waals surface area contributed by atoms with Crippen molar-refractivity contribution in [2.24, 2.45) is 0 Å². The normalized spacial score (nSPS) is 11.7. The van der Waals surface area contributed by atoms with Crippen LogP contribution >= 0.6 is 0 Å². The molecule has 2 rings (SSSR count). The van der Waals surface area contributed by atoms with Crippen LogP contribution in [0.25, 0.3) is 0 Å². The molecule has 0 saturated carbocycles. The first kappa shape index (κ1) is 22.2. The Morgan fingerprint density at radius 2 is 1.69 bits per heavy atom. The largest absolute Gasteiger partial charge is 0.507 e. The summed E-state index contributed by atoms with van der Waals surface area (Å²) in [5.41, 5.74) is 1.21. The molecular weight excluding hydrogens is 376 g/mol. The van der Waals surface area contributed by atoms with E-state index in [0.717, 1.165) is 6.42 Å². The molecule has 2 aromatic rings. The van der Waals surface area contributed by atoms with Gasteiger partial charge in [-0.05, 0) is 43.2 Å². The van der Waals surface area contributed by atoms with Crippen LogP contribution in [0, 0.1) is 0 Å². The number of ketones is 1. The standard InChI is InChI=1S/C22H26O7/c1-3-5-18-19(11-10-17(14(2)23)21(18)25)29-13-4-12-28-16-8-6-15(7-9-16)20(24)22(26)27/h6-11,20,24-25H,3-5,12-13H2,1-2H3,(H,26,27). The Morgan fingerprint density at radius 3 is 2.28 bits per heavy atom. The van der Waals surface area contributed by atoms with Crippen molar-refractivity contribution in [2.45, 2.75) is 39.2 Å². The van der Waals surface area contributed by atoms with Crippen molar-refractivity contribution in [3.8, 4) is 17.2 Å². The van der Waals surface area contributed by atoms with E-state index in [1.807, 2.05) is 6.92 Å². The lowest BCUT2D eigenvalue weighted by Crippen LogP contribution is -2.10. The van der Waals surface area contributed by atoms with Gasteiger partial charge in [0.2, 0.25) is 0 Å². The molecule has 0 aromatic heterocycles. The molecule has 0 fully saturated rings. The number of carbonyl (C=O) groups excluding carboxylic acids is 1. The van der Waals surface area contributed by atoms with E-state index in [1.54, 1.807) is 24.3 Å². The van der Waals surface area contributed by atoms with Gasteiger partial charge in [-0.1, -0.05) is 25.5 Å². The van der Waals surface area contributed by atoms with Crippen molar-refractivity contribution >= 4 is 11.8 Å². The summed E-state index contributed by atoms with van der Waals surface area (Å²) in [5.74, 6) is -0.401. The summed E-state index contributed by atoms with van der Waals surface area (Å²) < 4.78 is 11.4. The molecule has 156 valence electrons. The van der Waals surface area contributed by atoms with Crippen LogP contribution in [0.1, 0.15) is 54.3 Å². The molecule has 1 unspecified atom stereocenters. The third-order valence-electron chi connectivity index (χ3n) is 4.36. The van der Waals surface area contributed by atoms with E-state index in [4.69, 9.17) is 14.6 Å². The minimum Gasteiger partial charge on any atom is -0.507 e. The third kappa shape index (κ3) is 5.96. The molecule has 0 aliphatic heterocycles. The number of carboxylic acids is 1. The fourth-order valence-electron chi connectivity index (χ4n) is 2.85. The highest BCUT2D eigenvalue weighted by Crippen LogP contribution is 2.33. The lowest BCUT2D eigenvalue weighted by Gasteiger charge is -2.15.